The monoisotopic (exact) mass is 263 g/mol. The predicted molar refractivity (Wildman–Crippen MR) is 75.7 cm³/mol. The summed E-state index contributed by atoms with van der Waals surface area (Å²) in [5.74, 6) is 0. The van der Waals surface area contributed by atoms with Gasteiger partial charge < -0.3 is 5.32 Å². The van der Waals surface area contributed by atoms with Crippen LogP contribution in [0.15, 0.2) is 30.5 Å². The third-order valence-corrected chi connectivity index (χ3v) is 3.29. The van der Waals surface area contributed by atoms with Crippen molar-refractivity contribution in [2.24, 2.45) is 0 Å². The number of aromatic nitrogens is 2. The molecule has 0 aliphatic heterocycles. The predicted octanol–water partition coefficient (Wildman–Crippen LogP) is 3.33. The number of nitrogens with one attached hydrogen (secondary N) is 1. The first-order chi connectivity index (χ1) is 8.76. The minimum absolute atomic E-state index is 0.795. The summed E-state index contributed by atoms with van der Waals surface area (Å²) in [6.45, 7) is 6.78. The van der Waals surface area contributed by atoms with Crippen LogP contribution < -0.4 is 5.32 Å². The Kier molecular flexibility index (Phi) is 4.39. The van der Waals surface area contributed by atoms with Crippen LogP contribution >= 0.6 is 11.6 Å². The van der Waals surface area contributed by atoms with Gasteiger partial charge in [0.15, 0.2) is 0 Å². The van der Waals surface area contributed by atoms with Crippen molar-refractivity contribution in [1.82, 2.24) is 15.1 Å². The summed E-state index contributed by atoms with van der Waals surface area (Å²) < 4.78 is 1.99. The lowest BCUT2D eigenvalue weighted by atomic mass is 10.1. The van der Waals surface area contributed by atoms with Gasteiger partial charge in [0.05, 0.1) is 5.69 Å². The van der Waals surface area contributed by atoms with E-state index in [2.05, 4.69) is 30.3 Å². The van der Waals surface area contributed by atoms with E-state index in [4.69, 9.17) is 11.6 Å². The Morgan fingerprint density at radius 1 is 1.28 bits per heavy atom. The van der Waals surface area contributed by atoms with Gasteiger partial charge in [-0.05, 0) is 37.2 Å². The van der Waals surface area contributed by atoms with E-state index in [0.29, 0.717) is 0 Å². The van der Waals surface area contributed by atoms with Crippen LogP contribution in [-0.4, -0.2) is 16.3 Å². The van der Waals surface area contributed by atoms with Gasteiger partial charge in [0, 0.05) is 29.9 Å². The van der Waals surface area contributed by atoms with Crippen LogP contribution in [0.2, 0.25) is 5.02 Å². The minimum atomic E-state index is 0.795. The van der Waals surface area contributed by atoms with E-state index in [1.807, 2.05) is 29.1 Å². The van der Waals surface area contributed by atoms with Crippen molar-refractivity contribution in [2.45, 2.75) is 26.9 Å². The average molecular weight is 264 g/mol. The van der Waals surface area contributed by atoms with E-state index in [1.165, 1.54) is 0 Å². The molecule has 0 fully saturated rings. The van der Waals surface area contributed by atoms with Crippen LogP contribution in [0.5, 0.6) is 0 Å². The second-order valence-corrected chi connectivity index (χ2v) is 4.53. The van der Waals surface area contributed by atoms with Crippen LogP contribution in [0, 0.1) is 0 Å². The Hall–Kier alpha value is -1.32. The van der Waals surface area contributed by atoms with Crippen LogP contribution in [0.3, 0.4) is 0 Å². The lowest BCUT2D eigenvalue weighted by molar-refractivity contribution is 0.667. The fourth-order valence-electron chi connectivity index (χ4n) is 1.96. The average Bonchev–Trinajstić information content (AvgIpc) is 2.86. The Bertz CT molecular complexity index is 520. The molecule has 0 saturated heterocycles. The zero-order valence-corrected chi connectivity index (χ0v) is 11.5. The number of rotatable bonds is 5. The van der Waals surface area contributed by atoms with Gasteiger partial charge in [0.2, 0.25) is 0 Å². The van der Waals surface area contributed by atoms with Crippen molar-refractivity contribution in [3.8, 4) is 11.3 Å². The van der Waals surface area contributed by atoms with E-state index in [9.17, 15) is 0 Å². The number of nitrogens with zero attached hydrogens (tertiary/aromatic N) is 2. The number of hydrogen-bond acceptors (Lipinski definition) is 2. The van der Waals surface area contributed by atoms with Gasteiger partial charge in [0.25, 0.3) is 0 Å². The molecule has 18 heavy (non-hydrogen) atoms. The van der Waals surface area contributed by atoms with Crippen LogP contribution in [-0.2, 0) is 13.1 Å². The van der Waals surface area contributed by atoms with Crippen molar-refractivity contribution in [3.63, 3.8) is 0 Å². The zero-order chi connectivity index (χ0) is 13.0. The third-order valence-electron chi connectivity index (χ3n) is 2.92. The van der Waals surface area contributed by atoms with Gasteiger partial charge in [-0.3, -0.25) is 4.68 Å². The summed E-state index contributed by atoms with van der Waals surface area (Å²) in [5.41, 5.74) is 3.42. The van der Waals surface area contributed by atoms with Crippen LogP contribution in [0.25, 0.3) is 11.3 Å². The second-order valence-electron chi connectivity index (χ2n) is 4.12. The Balaban J connectivity index is 2.34. The second kappa shape index (κ2) is 6.03. The number of benzene rings is 1. The van der Waals surface area contributed by atoms with Gasteiger partial charge in [-0.2, -0.15) is 5.10 Å². The highest BCUT2D eigenvalue weighted by atomic mass is 35.5. The largest absolute Gasteiger partial charge is 0.313 e. The lowest BCUT2D eigenvalue weighted by Crippen LogP contribution is -2.12. The molecule has 96 valence electrons. The molecule has 0 bridgehead atoms. The Morgan fingerprint density at radius 3 is 2.83 bits per heavy atom. The quantitative estimate of drug-likeness (QED) is 0.897. The molecule has 2 rings (SSSR count). The summed E-state index contributed by atoms with van der Waals surface area (Å²) >= 11 is 6.20. The van der Waals surface area contributed by atoms with Crippen LogP contribution in [0.4, 0.5) is 0 Å². The van der Waals surface area contributed by atoms with Crippen molar-refractivity contribution in [2.75, 3.05) is 6.54 Å². The summed E-state index contributed by atoms with van der Waals surface area (Å²) in [6.07, 6.45) is 1.83. The smallest absolute Gasteiger partial charge is 0.0682 e. The van der Waals surface area contributed by atoms with E-state index < -0.39 is 0 Å². The summed E-state index contributed by atoms with van der Waals surface area (Å²) in [5, 5.41) is 8.40. The lowest BCUT2D eigenvalue weighted by Gasteiger charge is -2.09. The molecule has 1 aromatic heterocycles. The molecule has 0 atom stereocenters. The van der Waals surface area contributed by atoms with Gasteiger partial charge in [0.1, 0.15) is 0 Å². The molecule has 0 saturated carbocycles. The molecule has 1 aromatic carbocycles. The molecule has 0 aliphatic carbocycles. The Morgan fingerprint density at radius 2 is 2.11 bits per heavy atom. The fourth-order valence-corrected chi connectivity index (χ4v) is 2.14. The van der Waals surface area contributed by atoms with Gasteiger partial charge in [-0.25, -0.2) is 0 Å². The number of halogens is 1. The van der Waals surface area contributed by atoms with Gasteiger partial charge in [-0.1, -0.05) is 24.6 Å². The maximum absolute atomic E-state index is 6.20. The summed E-state index contributed by atoms with van der Waals surface area (Å²) in [4.78, 5) is 0. The molecule has 0 unspecified atom stereocenters. The maximum atomic E-state index is 6.20. The molecule has 0 aliphatic rings. The standard InChI is InChI=1S/C14H18ClN3/c1-3-16-10-12-9-11(5-6-13(12)15)14-7-8-17-18(14)4-2/h5-9,16H,3-4,10H2,1-2H3. The third kappa shape index (κ3) is 2.74. The molecule has 0 amide bonds. The first-order valence-electron chi connectivity index (χ1n) is 6.27. The molecule has 1 N–H and O–H groups in total. The molecule has 3 nitrogen and oxygen atoms in total. The molecule has 0 radical (unpaired) electrons. The molecule has 4 heteroatoms. The summed E-state index contributed by atoms with van der Waals surface area (Å²) in [7, 11) is 0. The fraction of sp³-hybridized carbons (Fsp3) is 0.357. The Labute approximate surface area is 113 Å². The van der Waals surface area contributed by atoms with E-state index in [0.717, 1.165) is 41.5 Å². The highest BCUT2D eigenvalue weighted by Crippen LogP contribution is 2.25. The van der Waals surface area contributed by atoms with Crippen molar-refractivity contribution in [3.05, 3.63) is 41.0 Å². The number of hydrogen-bond donors (Lipinski definition) is 1. The first kappa shape index (κ1) is 13.1. The maximum Gasteiger partial charge on any atom is 0.0682 e. The zero-order valence-electron chi connectivity index (χ0n) is 10.8. The molecule has 2 aromatic rings. The molecule has 0 spiro atoms. The normalized spacial score (nSPS) is 10.8. The van der Waals surface area contributed by atoms with E-state index in [-0.39, 0.29) is 0 Å². The highest BCUT2D eigenvalue weighted by Gasteiger charge is 2.07. The van der Waals surface area contributed by atoms with E-state index >= 15 is 0 Å². The number of aryl methyl sites for hydroxylation is 1. The van der Waals surface area contributed by atoms with Gasteiger partial charge >= 0.3 is 0 Å². The molecular weight excluding hydrogens is 246 g/mol. The van der Waals surface area contributed by atoms with Crippen LogP contribution in [0.1, 0.15) is 19.4 Å². The van der Waals surface area contributed by atoms with E-state index in [1.54, 1.807) is 0 Å². The van der Waals surface area contributed by atoms with Gasteiger partial charge in [-0.15, -0.1) is 0 Å². The first-order valence-corrected chi connectivity index (χ1v) is 6.65. The summed E-state index contributed by atoms with van der Waals surface area (Å²) in [6, 6.07) is 8.16. The van der Waals surface area contributed by atoms with Crippen molar-refractivity contribution in [1.29, 1.82) is 0 Å². The topological polar surface area (TPSA) is 29.9 Å². The van der Waals surface area contributed by atoms with Crippen molar-refractivity contribution >= 4 is 11.6 Å². The minimum Gasteiger partial charge on any atom is -0.313 e. The SMILES string of the molecule is CCNCc1cc(-c2ccnn2CC)ccc1Cl. The highest BCUT2D eigenvalue weighted by molar-refractivity contribution is 6.31. The molecule has 1 heterocycles. The molecular formula is C14H18ClN3. The van der Waals surface area contributed by atoms with Crippen molar-refractivity contribution < 1.29 is 0 Å².